The van der Waals surface area contributed by atoms with Gasteiger partial charge in [0.2, 0.25) is 6.29 Å². The molecule has 152 valence electrons. The second kappa shape index (κ2) is 7.42. The van der Waals surface area contributed by atoms with Crippen molar-refractivity contribution in [2.45, 2.75) is 84.3 Å². The van der Waals surface area contributed by atoms with Gasteiger partial charge < -0.3 is 14.6 Å². The van der Waals surface area contributed by atoms with E-state index >= 15 is 0 Å². The van der Waals surface area contributed by atoms with E-state index in [0.717, 1.165) is 44.4 Å². The maximum absolute atomic E-state index is 11.9. The van der Waals surface area contributed by atoms with Crippen molar-refractivity contribution >= 4 is 6.16 Å². The molecule has 0 aromatic carbocycles. The normalized spacial score (nSPS) is 44.0. The summed E-state index contributed by atoms with van der Waals surface area (Å²) in [6.07, 6.45) is 14.5. The number of hydrogen-bond acceptors (Lipinski definition) is 4. The lowest BCUT2D eigenvalue weighted by Gasteiger charge is -2.59. The lowest BCUT2D eigenvalue weighted by molar-refractivity contribution is -0.201. The quantitative estimate of drug-likeness (QED) is 0.403. The van der Waals surface area contributed by atoms with Crippen LogP contribution in [0.2, 0.25) is 0 Å². The molecule has 27 heavy (non-hydrogen) atoms. The summed E-state index contributed by atoms with van der Waals surface area (Å²) in [5.41, 5.74) is 0.0652. The number of hydrogen-bond donors (Lipinski definition) is 1. The summed E-state index contributed by atoms with van der Waals surface area (Å²) in [4.78, 5) is 11.9. The molecule has 3 saturated carbocycles. The zero-order valence-electron chi connectivity index (χ0n) is 17.0. The van der Waals surface area contributed by atoms with Crippen LogP contribution in [0.1, 0.15) is 78.1 Å². The Morgan fingerprint density at radius 3 is 2.85 bits per heavy atom. The average Bonchev–Trinajstić information content (AvgIpc) is 3.11. The molecule has 4 nitrogen and oxygen atoms in total. The van der Waals surface area contributed by atoms with E-state index < -0.39 is 12.4 Å². The van der Waals surface area contributed by atoms with Gasteiger partial charge in [-0.3, -0.25) is 0 Å². The summed E-state index contributed by atoms with van der Waals surface area (Å²) in [6, 6.07) is 0. The largest absolute Gasteiger partial charge is 0.510 e. The second-order valence-corrected chi connectivity index (χ2v) is 9.73. The van der Waals surface area contributed by atoms with Crippen molar-refractivity contribution in [3.8, 4) is 0 Å². The predicted octanol–water partition coefficient (Wildman–Crippen LogP) is 5.45. The third-order valence-corrected chi connectivity index (χ3v) is 8.66. The van der Waals surface area contributed by atoms with Crippen molar-refractivity contribution in [3.05, 3.63) is 12.2 Å². The van der Waals surface area contributed by atoms with Gasteiger partial charge in [-0.05, 0) is 86.9 Å². The first-order valence-electron chi connectivity index (χ1n) is 11.2. The van der Waals surface area contributed by atoms with E-state index in [9.17, 15) is 9.90 Å². The summed E-state index contributed by atoms with van der Waals surface area (Å²) < 4.78 is 10.4. The highest BCUT2D eigenvalue weighted by molar-refractivity contribution is 5.60. The third kappa shape index (κ3) is 3.12. The van der Waals surface area contributed by atoms with Crippen molar-refractivity contribution in [2.75, 3.05) is 6.61 Å². The van der Waals surface area contributed by atoms with Crippen LogP contribution in [-0.2, 0) is 9.47 Å². The highest BCUT2D eigenvalue weighted by atomic mass is 16.8. The number of fused-ring (bicyclic) bond motifs is 5. The Balaban J connectivity index is 1.53. The highest BCUT2D eigenvalue weighted by Gasteiger charge is 2.61. The fraction of sp³-hybridized carbons (Fsp3) is 0.870. The lowest BCUT2D eigenvalue weighted by Crippen LogP contribution is -2.54. The molecule has 4 aliphatic rings. The first-order chi connectivity index (χ1) is 13.0. The molecule has 7 atom stereocenters. The third-order valence-electron chi connectivity index (χ3n) is 8.66. The van der Waals surface area contributed by atoms with Gasteiger partial charge >= 0.3 is 6.16 Å². The van der Waals surface area contributed by atoms with Crippen LogP contribution in [0, 0.1) is 34.5 Å². The van der Waals surface area contributed by atoms with Gasteiger partial charge in [0.1, 0.15) is 0 Å². The first-order valence-corrected chi connectivity index (χ1v) is 11.2. The number of carbonyl (C=O) groups is 1. The first kappa shape index (κ1) is 19.3. The van der Waals surface area contributed by atoms with Crippen molar-refractivity contribution in [1.82, 2.24) is 0 Å². The van der Waals surface area contributed by atoms with Crippen molar-refractivity contribution in [2.24, 2.45) is 34.5 Å². The Morgan fingerprint density at radius 1 is 1.19 bits per heavy atom. The van der Waals surface area contributed by atoms with E-state index in [1.165, 1.54) is 25.7 Å². The van der Waals surface area contributed by atoms with Crippen LogP contribution in [-0.4, -0.2) is 24.2 Å². The molecule has 0 amide bonds. The fourth-order valence-corrected chi connectivity index (χ4v) is 7.38. The molecule has 0 saturated heterocycles. The molecule has 0 heterocycles. The maximum Gasteiger partial charge on any atom is 0.510 e. The van der Waals surface area contributed by atoms with E-state index in [1.807, 2.05) is 6.92 Å². The van der Waals surface area contributed by atoms with E-state index in [-0.39, 0.29) is 5.41 Å². The topological polar surface area (TPSA) is 55.8 Å². The minimum Gasteiger partial charge on any atom is -0.434 e. The molecule has 0 aliphatic heterocycles. The molecular weight excluding hydrogens is 340 g/mol. The van der Waals surface area contributed by atoms with E-state index in [0.29, 0.717) is 29.8 Å². The molecular formula is C23H36O4. The number of ether oxygens (including phenoxy) is 2. The Morgan fingerprint density at radius 2 is 2.04 bits per heavy atom. The van der Waals surface area contributed by atoms with Gasteiger partial charge in [0, 0.05) is 5.41 Å². The van der Waals surface area contributed by atoms with Crippen LogP contribution >= 0.6 is 0 Å². The Kier molecular flexibility index (Phi) is 5.30. The minimum absolute atomic E-state index is 0.256. The minimum atomic E-state index is -1.03. The van der Waals surface area contributed by atoms with Crippen LogP contribution in [0.4, 0.5) is 4.79 Å². The van der Waals surface area contributed by atoms with Crippen molar-refractivity contribution < 1.29 is 19.4 Å². The van der Waals surface area contributed by atoms with E-state index in [4.69, 9.17) is 9.47 Å². The molecule has 4 aliphatic carbocycles. The van der Waals surface area contributed by atoms with Gasteiger partial charge in [-0.25, -0.2) is 4.79 Å². The number of aliphatic hydroxyl groups excluding tert-OH is 1. The van der Waals surface area contributed by atoms with E-state index in [2.05, 4.69) is 19.1 Å². The molecule has 0 aromatic rings. The van der Waals surface area contributed by atoms with E-state index in [1.54, 1.807) is 0 Å². The Hall–Kier alpha value is -1.03. The van der Waals surface area contributed by atoms with Crippen LogP contribution in [0.5, 0.6) is 0 Å². The summed E-state index contributed by atoms with van der Waals surface area (Å²) in [5.74, 6) is 2.65. The monoisotopic (exact) mass is 376 g/mol. The SMILES string of the molecule is CCCOC(=O)OC(O)[C@@]12CCC[C@H]1[C@@H]1CCC3CCC=C[C@]3(C)[C@H]1CC2. The van der Waals surface area contributed by atoms with Crippen molar-refractivity contribution in [1.29, 1.82) is 0 Å². The zero-order valence-corrected chi connectivity index (χ0v) is 17.0. The van der Waals surface area contributed by atoms with Crippen molar-refractivity contribution in [3.63, 3.8) is 0 Å². The smallest absolute Gasteiger partial charge is 0.434 e. The molecule has 0 radical (unpaired) electrons. The van der Waals surface area contributed by atoms with Gasteiger partial charge in [0.15, 0.2) is 0 Å². The van der Waals surface area contributed by atoms with Crippen LogP contribution in [0.25, 0.3) is 0 Å². The molecule has 0 aromatic heterocycles. The summed E-state index contributed by atoms with van der Waals surface area (Å²) in [5, 5.41) is 11.0. The summed E-state index contributed by atoms with van der Waals surface area (Å²) >= 11 is 0. The fourth-order valence-electron chi connectivity index (χ4n) is 7.38. The molecule has 4 rings (SSSR count). The molecule has 1 N–H and O–H groups in total. The Labute approximate surface area is 163 Å². The predicted molar refractivity (Wildman–Crippen MR) is 104 cm³/mol. The molecule has 4 heteroatoms. The van der Waals surface area contributed by atoms with Gasteiger partial charge in [-0.15, -0.1) is 0 Å². The van der Waals surface area contributed by atoms with Gasteiger partial charge in [0.05, 0.1) is 6.61 Å². The highest BCUT2D eigenvalue weighted by Crippen LogP contribution is 2.66. The zero-order chi connectivity index (χ0) is 19.1. The number of rotatable bonds is 4. The molecule has 3 fully saturated rings. The summed E-state index contributed by atoms with van der Waals surface area (Å²) in [6.45, 7) is 4.78. The van der Waals surface area contributed by atoms with Gasteiger partial charge in [-0.1, -0.05) is 32.4 Å². The molecule has 0 bridgehead atoms. The maximum atomic E-state index is 11.9. The Bertz CT molecular complexity index is 587. The number of carbonyl (C=O) groups excluding carboxylic acids is 1. The van der Waals surface area contributed by atoms with Crippen LogP contribution < -0.4 is 0 Å². The standard InChI is InChI=1S/C23H36O4/c1-3-15-26-21(25)27-20(24)23-13-6-8-19(23)17-10-9-16-7-4-5-12-22(16,2)18(17)11-14-23/h5,12,16-20,24H,3-4,6-11,13-15H2,1-2H3/t16?,17-,18+,19+,20?,22+,23-/m1/s1. The molecule has 0 spiro atoms. The van der Waals surface area contributed by atoms with Gasteiger partial charge in [-0.2, -0.15) is 0 Å². The molecule has 2 unspecified atom stereocenters. The number of aliphatic hydroxyl groups is 1. The average molecular weight is 377 g/mol. The van der Waals surface area contributed by atoms with Crippen LogP contribution in [0.3, 0.4) is 0 Å². The van der Waals surface area contributed by atoms with Crippen LogP contribution in [0.15, 0.2) is 12.2 Å². The summed E-state index contributed by atoms with van der Waals surface area (Å²) in [7, 11) is 0. The number of allylic oxidation sites excluding steroid dienone is 2. The lowest BCUT2D eigenvalue weighted by atomic mass is 9.46. The second-order valence-electron chi connectivity index (χ2n) is 9.73. The van der Waals surface area contributed by atoms with Gasteiger partial charge in [0.25, 0.3) is 0 Å².